The van der Waals surface area contributed by atoms with Crippen molar-refractivity contribution in [1.29, 1.82) is 0 Å². The molecule has 0 saturated heterocycles. The molecule has 0 unspecified atom stereocenters. The van der Waals surface area contributed by atoms with Crippen LogP contribution in [0.25, 0.3) is 11.1 Å². The van der Waals surface area contributed by atoms with E-state index in [1.807, 2.05) is 91.0 Å². The Bertz CT molecular complexity index is 2110. The summed E-state index contributed by atoms with van der Waals surface area (Å²) in [6, 6.07) is 37.4. The summed E-state index contributed by atoms with van der Waals surface area (Å²) in [6.07, 6.45) is 7.14. The number of hydrogen-bond donors (Lipinski definition) is 3. The summed E-state index contributed by atoms with van der Waals surface area (Å²) < 4.78 is 0. The lowest BCUT2D eigenvalue weighted by atomic mass is 10.0. The summed E-state index contributed by atoms with van der Waals surface area (Å²) in [7, 11) is 0. The fourth-order valence-electron chi connectivity index (χ4n) is 5.39. The third-order valence-corrected chi connectivity index (χ3v) is 7.42. The highest BCUT2D eigenvalue weighted by Gasteiger charge is 2.19. The summed E-state index contributed by atoms with van der Waals surface area (Å²) in [5, 5.41) is 4.62. The van der Waals surface area contributed by atoms with Gasteiger partial charge < -0.3 is 15.3 Å². The van der Waals surface area contributed by atoms with E-state index in [2.05, 4.69) is 51.7 Å². The van der Waals surface area contributed by atoms with Crippen molar-refractivity contribution >= 4 is 28.5 Å². The van der Waals surface area contributed by atoms with Gasteiger partial charge in [0.15, 0.2) is 0 Å². The van der Waals surface area contributed by atoms with E-state index in [0.29, 0.717) is 22.7 Å². The number of nitrogens with zero attached hydrogens (tertiary/aromatic N) is 1. The Morgan fingerprint density at radius 3 is 1.74 bits per heavy atom. The summed E-state index contributed by atoms with van der Waals surface area (Å²) in [5.41, 5.74) is 8.05. The molecule has 0 atom stereocenters. The van der Waals surface area contributed by atoms with Gasteiger partial charge in [0.1, 0.15) is 0 Å². The lowest BCUT2D eigenvalue weighted by molar-refractivity contribution is -0.115. The summed E-state index contributed by atoms with van der Waals surface area (Å²) in [4.78, 5) is 36.9. The van der Waals surface area contributed by atoms with Crippen LogP contribution in [0, 0.1) is 0 Å². The summed E-state index contributed by atoms with van der Waals surface area (Å²) in [5.74, 6) is -0.210. The van der Waals surface area contributed by atoms with Gasteiger partial charge in [0.2, 0.25) is 11.7 Å². The zero-order chi connectivity index (χ0) is 29.2. The van der Waals surface area contributed by atoms with Crippen LogP contribution in [0.3, 0.4) is 0 Å². The third kappa shape index (κ3) is 5.13. The van der Waals surface area contributed by atoms with E-state index in [1.54, 1.807) is 6.08 Å². The molecule has 6 heteroatoms. The molecule has 6 nitrogen and oxygen atoms in total. The molecular formula is C37H26N4O2. The Balaban J connectivity index is 1.41. The number of rotatable bonds is 6. The van der Waals surface area contributed by atoms with Crippen LogP contribution in [0.4, 0.5) is 0 Å². The Morgan fingerprint density at radius 1 is 0.535 bits per heavy atom. The lowest BCUT2D eigenvalue weighted by Crippen LogP contribution is -2.19. The van der Waals surface area contributed by atoms with Crippen molar-refractivity contribution in [2.75, 3.05) is 0 Å². The van der Waals surface area contributed by atoms with Gasteiger partial charge in [-0.25, -0.2) is 4.99 Å². The Hall–Kier alpha value is -6.01. The SMILES string of the molecule is O=C1C=C/C(=C2\C=CC(C(/c3ccccc3)=c3/cc/c(=C(\c4ccccc4)c4ccc(C(=O)c5ccccc5)[nH]4)[nH]3)=N2)N1. The molecule has 7 rings (SSSR count). The smallest absolute Gasteiger partial charge is 0.248 e. The molecule has 206 valence electrons. The van der Waals surface area contributed by atoms with Crippen molar-refractivity contribution in [3.05, 3.63) is 190 Å². The normalized spacial score (nSPS) is 17.1. The van der Waals surface area contributed by atoms with Crippen molar-refractivity contribution in [2.45, 2.75) is 0 Å². The number of aromatic amines is 2. The van der Waals surface area contributed by atoms with Crippen LogP contribution in [0.2, 0.25) is 0 Å². The van der Waals surface area contributed by atoms with Gasteiger partial charge in [-0.2, -0.15) is 0 Å². The molecule has 5 aromatic rings. The molecule has 0 bridgehead atoms. The average molecular weight is 559 g/mol. The first-order valence-electron chi connectivity index (χ1n) is 14.0. The number of aliphatic imine (C=N–C) groups is 1. The van der Waals surface area contributed by atoms with E-state index in [-0.39, 0.29) is 11.7 Å². The van der Waals surface area contributed by atoms with E-state index in [4.69, 9.17) is 4.99 Å². The number of amides is 1. The number of nitrogens with one attached hydrogen (secondary N) is 3. The van der Waals surface area contributed by atoms with Crippen LogP contribution in [-0.2, 0) is 4.79 Å². The van der Waals surface area contributed by atoms with Crippen LogP contribution in [-0.4, -0.2) is 27.4 Å². The molecule has 3 aromatic carbocycles. The monoisotopic (exact) mass is 558 g/mol. The molecule has 0 fully saturated rings. The van der Waals surface area contributed by atoms with Crippen molar-refractivity contribution in [2.24, 2.45) is 4.99 Å². The third-order valence-electron chi connectivity index (χ3n) is 7.42. The maximum absolute atomic E-state index is 13.2. The number of H-pyrrole nitrogens is 2. The standard InChI is InChI=1S/C37H26N4O2/c42-34-23-22-28(41-34)27-16-17-29(38-27)35(24-10-4-1-5-11-24)30-18-19-31(39-30)36(25-12-6-2-7-13-25)32-20-21-33(40-32)37(43)26-14-8-3-9-15-26/h1-23,39-40H,(H,41,42)/b28-27-,35-30-,36-31-. The van der Waals surface area contributed by atoms with Crippen LogP contribution in [0.5, 0.6) is 0 Å². The first kappa shape index (κ1) is 25.9. The second-order valence-electron chi connectivity index (χ2n) is 10.2. The first-order valence-corrected chi connectivity index (χ1v) is 14.0. The molecule has 3 N–H and O–H groups in total. The second-order valence-corrected chi connectivity index (χ2v) is 10.2. The van der Waals surface area contributed by atoms with E-state index >= 15 is 0 Å². The van der Waals surface area contributed by atoms with Gasteiger partial charge in [-0.15, -0.1) is 0 Å². The van der Waals surface area contributed by atoms with Crippen molar-refractivity contribution in [1.82, 2.24) is 15.3 Å². The fraction of sp³-hybridized carbons (Fsp3) is 0. The Labute approximate surface area is 247 Å². The number of aromatic nitrogens is 2. The minimum atomic E-state index is -0.150. The zero-order valence-electron chi connectivity index (χ0n) is 23.0. The van der Waals surface area contributed by atoms with Gasteiger partial charge in [-0.1, -0.05) is 91.0 Å². The van der Waals surface area contributed by atoms with Crippen molar-refractivity contribution < 1.29 is 9.59 Å². The zero-order valence-corrected chi connectivity index (χ0v) is 23.0. The number of carbonyl (C=O) groups excluding carboxylic acids is 2. The molecule has 2 aliphatic heterocycles. The number of benzene rings is 3. The Kier molecular flexibility index (Phi) is 6.70. The van der Waals surface area contributed by atoms with Crippen molar-refractivity contribution in [3.8, 4) is 0 Å². The molecule has 2 aliphatic rings. The molecule has 43 heavy (non-hydrogen) atoms. The summed E-state index contributed by atoms with van der Waals surface area (Å²) in [6.45, 7) is 0. The molecule has 0 spiro atoms. The van der Waals surface area contributed by atoms with Gasteiger partial charge in [0, 0.05) is 39.2 Å². The Morgan fingerprint density at radius 2 is 1.12 bits per heavy atom. The van der Waals surface area contributed by atoms with Gasteiger partial charge in [0.05, 0.1) is 22.8 Å². The fourth-order valence-corrected chi connectivity index (χ4v) is 5.39. The predicted molar refractivity (Wildman–Crippen MR) is 169 cm³/mol. The maximum atomic E-state index is 13.2. The van der Waals surface area contributed by atoms with Gasteiger partial charge >= 0.3 is 0 Å². The van der Waals surface area contributed by atoms with Gasteiger partial charge in [0.25, 0.3) is 0 Å². The highest BCUT2D eigenvalue weighted by Crippen LogP contribution is 2.24. The van der Waals surface area contributed by atoms with E-state index in [1.165, 1.54) is 6.08 Å². The van der Waals surface area contributed by atoms with Crippen LogP contribution >= 0.6 is 0 Å². The maximum Gasteiger partial charge on any atom is 0.248 e. The quantitative estimate of drug-likeness (QED) is 0.258. The summed E-state index contributed by atoms with van der Waals surface area (Å²) >= 11 is 0. The second kappa shape index (κ2) is 11.1. The molecule has 0 aliphatic carbocycles. The van der Waals surface area contributed by atoms with Crippen LogP contribution in [0.15, 0.2) is 156 Å². The molecule has 0 radical (unpaired) electrons. The van der Waals surface area contributed by atoms with E-state index in [9.17, 15) is 9.59 Å². The number of carbonyl (C=O) groups is 2. The lowest BCUT2D eigenvalue weighted by Gasteiger charge is -2.07. The average Bonchev–Trinajstić information content (AvgIpc) is 3.88. The molecule has 2 aromatic heterocycles. The highest BCUT2D eigenvalue weighted by molar-refractivity contribution is 6.30. The minimum Gasteiger partial charge on any atom is -0.354 e. The molecule has 4 heterocycles. The van der Waals surface area contributed by atoms with E-state index in [0.717, 1.165) is 44.4 Å². The largest absolute Gasteiger partial charge is 0.354 e. The van der Waals surface area contributed by atoms with Gasteiger partial charge in [-0.3, -0.25) is 9.59 Å². The number of hydrogen-bond acceptors (Lipinski definition) is 3. The molecule has 1 amide bonds. The van der Waals surface area contributed by atoms with Gasteiger partial charge in [-0.05, 0) is 53.6 Å². The number of ketones is 1. The first-order chi connectivity index (χ1) is 21.1. The number of allylic oxidation sites excluding steroid dienone is 3. The van der Waals surface area contributed by atoms with Crippen LogP contribution < -0.4 is 16.0 Å². The van der Waals surface area contributed by atoms with Crippen molar-refractivity contribution in [3.63, 3.8) is 0 Å². The predicted octanol–water partition coefficient (Wildman–Crippen LogP) is 4.93. The minimum absolute atomic E-state index is 0.0598. The molecular weight excluding hydrogens is 532 g/mol. The van der Waals surface area contributed by atoms with Crippen LogP contribution in [0.1, 0.15) is 32.9 Å². The van der Waals surface area contributed by atoms with E-state index < -0.39 is 0 Å². The topological polar surface area (TPSA) is 90.1 Å². The highest BCUT2D eigenvalue weighted by atomic mass is 16.1. The molecule has 0 saturated carbocycles.